The van der Waals surface area contributed by atoms with Crippen LogP contribution in [-0.4, -0.2) is 17.8 Å². The predicted molar refractivity (Wildman–Crippen MR) is 138 cm³/mol. The Kier molecular flexibility index (Phi) is 5.97. The average molecular weight is 452 g/mol. The second-order valence-corrected chi connectivity index (χ2v) is 10.4. The molecule has 1 spiro atoms. The largest absolute Gasteiger partial charge is 0.300 e. The molecule has 34 heavy (non-hydrogen) atoms. The van der Waals surface area contributed by atoms with Gasteiger partial charge in [-0.2, -0.15) is 0 Å². The Hall–Kier alpha value is -3.07. The number of benzene rings is 2. The Morgan fingerprint density at radius 3 is 2.68 bits per heavy atom. The molecule has 5 rings (SSSR count). The van der Waals surface area contributed by atoms with Crippen LogP contribution in [0.1, 0.15) is 90.4 Å². The zero-order valence-electron chi connectivity index (χ0n) is 20.3. The first-order chi connectivity index (χ1) is 16.4. The molecule has 0 aromatic heterocycles. The van der Waals surface area contributed by atoms with Crippen molar-refractivity contribution in [2.24, 2.45) is 10.9 Å². The van der Waals surface area contributed by atoms with E-state index in [0.29, 0.717) is 12.8 Å². The van der Waals surface area contributed by atoms with Crippen LogP contribution in [0.4, 0.5) is 0 Å². The molecule has 2 unspecified atom stereocenters. The summed E-state index contributed by atoms with van der Waals surface area (Å²) in [5.41, 5.74) is 7.87. The molecule has 0 radical (unpaired) electrons. The number of carbonyl (C=O) groups is 2. The molecule has 2 aromatic rings. The molecule has 0 amide bonds. The number of aryl methyl sites for hydroxylation is 1. The number of hydrogen-bond acceptors (Lipinski definition) is 3. The van der Waals surface area contributed by atoms with Crippen LogP contribution >= 0.6 is 0 Å². The van der Waals surface area contributed by atoms with Gasteiger partial charge in [0.15, 0.2) is 5.78 Å². The number of hydrogen-bond donors (Lipinski definition) is 0. The molecule has 2 aromatic carbocycles. The average Bonchev–Trinajstić information content (AvgIpc) is 3.55. The first-order valence-electron chi connectivity index (χ1n) is 12.6. The zero-order chi connectivity index (χ0) is 23.9. The van der Waals surface area contributed by atoms with Gasteiger partial charge in [-0.1, -0.05) is 54.6 Å². The minimum atomic E-state index is -0.165. The van der Waals surface area contributed by atoms with Crippen LogP contribution in [0.5, 0.6) is 0 Å². The lowest BCUT2D eigenvalue weighted by molar-refractivity contribution is -0.121. The molecule has 2 fully saturated rings. The Balaban J connectivity index is 1.40. The van der Waals surface area contributed by atoms with Crippen molar-refractivity contribution in [1.29, 1.82) is 0 Å². The molecule has 2 saturated carbocycles. The summed E-state index contributed by atoms with van der Waals surface area (Å²) >= 11 is 0. The first-order valence-corrected chi connectivity index (χ1v) is 12.6. The van der Waals surface area contributed by atoms with Gasteiger partial charge < -0.3 is 0 Å². The fourth-order valence-electron chi connectivity index (χ4n) is 5.89. The van der Waals surface area contributed by atoms with Gasteiger partial charge in [0.2, 0.25) is 0 Å². The number of nitrogens with zero attached hydrogens (tertiary/aromatic N) is 1. The van der Waals surface area contributed by atoms with Gasteiger partial charge in [0.05, 0.1) is 0 Å². The third-order valence-electron chi connectivity index (χ3n) is 8.02. The van der Waals surface area contributed by atoms with Crippen molar-refractivity contribution < 1.29 is 9.59 Å². The Bertz CT molecular complexity index is 1230. The van der Waals surface area contributed by atoms with Crippen molar-refractivity contribution in [1.82, 2.24) is 0 Å². The number of Topliss-reactive ketones (excluding diaryl/α,β-unsaturated/α-hetero) is 2. The second-order valence-electron chi connectivity index (χ2n) is 10.4. The molecule has 3 heteroatoms. The fraction of sp³-hybridized carbons (Fsp3) is 0.387. The third kappa shape index (κ3) is 4.24. The summed E-state index contributed by atoms with van der Waals surface area (Å²) in [6, 6.07) is 14.7. The lowest BCUT2D eigenvalue weighted by Gasteiger charge is -2.20. The molecule has 174 valence electrons. The summed E-state index contributed by atoms with van der Waals surface area (Å²) in [5.74, 6) is 0.305. The maximum absolute atomic E-state index is 13.2. The van der Waals surface area contributed by atoms with E-state index in [9.17, 15) is 9.59 Å². The van der Waals surface area contributed by atoms with E-state index in [0.717, 1.165) is 41.7 Å². The lowest BCUT2D eigenvalue weighted by Crippen LogP contribution is -2.23. The van der Waals surface area contributed by atoms with Gasteiger partial charge in [-0.05, 0) is 79.7 Å². The molecule has 3 aliphatic carbocycles. The number of allylic oxidation sites excluding steroid dienone is 3. The number of rotatable bonds is 6. The highest BCUT2D eigenvalue weighted by Gasteiger charge is 2.52. The Labute approximate surface area is 202 Å². The molecule has 2 atom stereocenters. The van der Waals surface area contributed by atoms with Crippen molar-refractivity contribution in [3.8, 4) is 0 Å². The van der Waals surface area contributed by atoms with E-state index in [1.807, 2.05) is 19.2 Å². The quantitative estimate of drug-likeness (QED) is 0.346. The number of aliphatic imine (C=N–C) groups is 1. The molecule has 3 aliphatic rings. The SMILES string of the molecule is C=C(N=C/C(=C\C)c1cccc(C)c1)C1CC2(CC2)c2ccc(C(=O)C3CCCC(=O)C3)cc21. The van der Waals surface area contributed by atoms with Gasteiger partial charge in [-0.3, -0.25) is 14.6 Å². The van der Waals surface area contributed by atoms with Gasteiger partial charge >= 0.3 is 0 Å². The van der Waals surface area contributed by atoms with E-state index in [4.69, 9.17) is 4.99 Å². The smallest absolute Gasteiger partial charge is 0.166 e. The van der Waals surface area contributed by atoms with E-state index < -0.39 is 0 Å². The molecule has 0 heterocycles. The molecule has 3 nitrogen and oxygen atoms in total. The molecule has 0 aliphatic heterocycles. The van der Waals surface area contributed by atoms with Crippen LogP contribution in [0.3, 0.4) is 0 Å². The van der Waals surface area contributed by atoms with E-state index >= 15 is 0 Å². The van der Waals surface area contributed by atoms with Gasteiger partial charge in [-0.25, -0.2) is 0 Å². The summed E-state index contributed by atoms with van der Waals surface area (Å²) in [6.45, 7) is 8.49. The summed E-state index contributed by atoms with van der Waals surface area (Å²) in [6.07, 6.45) is 10.1. The van der Waals surface area contributed by atoms with Gasteiger partial charge in [0, 0.05) is 42.2 Å². The zero-order valence-corrected chi connectivity index (χ0v) is 20.3. The van der Waals surface area contributed by atoms with Gasteiger partial charge in [-0.15, -0.1) is 0 Å². The second kappa shape index (κ2) is 8.94. The minimum absolute atomic E-state index is 0.121. The van der Waals surface area contributed by atoms with Crippen LogP contribution in [-0.2, 0) is 10.2 Å². The highest BCUT2D eigenvalue weighted by molar-refractivity contribution is 6.10. The minimum Gasteiger partial charge on any atom is -0.300 e. The van der Waals surface area contributed by atoms with Crippen LogP contribution in [0.15, 0.2) is 65.8 Å². The maximum Gasteiger partial charge on any atom is 0.166 e. The molecular formula is C31H33NO2. The summed E-state index contributed by atoms with van der Waals surface area (Å²) in [4.78, 5) is 30.0. The summed E-state index contributed by atoms with van der Waals surface area (Å²) < 4.78 is 0. The van der Waals surface area contributed by atoms with Crippen LogP contribution in [0, 0.1) is 12.8 Å². The van der Waals surface area contributed by atoms with Crippen molar-refractivity contribution in [2.75, 3.05) is 0 Å². The van der Waals surface area contributed by atoms with Gasteiger partial charge in [0.25, 0.3) is 0 Å². The number of fused-ring (bicyclic) bond motifs is 2. The van der Waals surface area contributed by atoms with E-state index in [-0.39, 0.29) is 28.8 Å². The van der Waals surface area contributed by atoms with Gasteiger partial charge in [0.1, 0.15) is 5.78 Å². The highest BCUT2D eigenvalue weighted by Crippen LogP contribution is 2.62. The summed E-state index contributed by atoms with van der Waals surface area (Å²) in [5, 5.41) is 0. The topological polar surface area (TPSA) is 46.5 Å². The first kappa shape index (κ1) is 22.7. The van der Waals surface area contributed by atoms with Crippen molar-refractivity contribution in [2.45, 2.75) is 70.1 Å². The Morgan fingerprint density at radius 2 is 1.97 bits per heavy atom. The fourth-order valence-corrected chi connectivity index (χ4v) is 5.89. The van der Waals surface area contributed by atoms with Crippen molar-refractivity contribution in [3.05, 3.63) is 88.6 Å². The predicted octanol–water partition coefficient (Wildman–Crippen LogP) is 7.14. The normalized spacial score (nSPS) is 23.4. The number of carbonyl (C=O) groups excluding carboxylic acids is 2. The Morgan fingerprint density at radius 1 is 1.15 bits per heavy atom. The standard InChI is InChI=1S/C31H33NO2/c1-4-22(23-8-5-7-20(2)15-23)19-32-21(3)28-18-31(13-14-31)29-12-11-25(17-27(28)29)30(34)24-9-6-10-26(33)16-24/h4-5,7-8,11-12,15,17,19,24,28H,3,6,9-10,13-14,16,18H2,1-2H3/b22-4+,32-19?. The van der Waals surface area contributed by atoms with Crippen molar-refractivity contribution in [3.63, 3.8) is 0 Å². The molecular weight excluding hydrogens is 418 g/mol. The van der Waals surface area contributed by atoms with E-state index in [1.54, 1.807) is 0 Å². The van der Waals surface area contributed by atoms with Crippen LogP contribution < -0.4 is 0 Å². The van der Waals surface area contributed by atoms with E-state index in [1.165, 1.54) is 29.5 Å². The molecule has 0 saturated heterocycles. The van der Waals surface area contributed by atoms with Crippen LogP contribution in [0.25, 0.3) is 5.57 Å². The third-order valence-corrected chi connectivity index (χ3v) is 8.02. The molecule has 0 bridgehead atoms. The van der Waals surface area contributed by atoms with Crippen LogP contribution in [0.2, 0.25) is 0 Å². The lowest BCUT2D eigenvalue weighted by atomic mass is 9.82. The maximum atomic E-state index is 13.2. The highest BCUT2D eigenvalue weighted by atomic mass is 16.1. The molecule has 0 N–H and O–H groups in total. The van der Waals surface area contributed by atoms with Crippen molar-refractivity contribution >= 4 is 23.4 Å². The monoisotopic (exact) mass is 451 g/mol. The summed E-state index contributed by atoms with van der Waals surface area (Å²) in [7, 11) is 0. The van der Waals surface area contributed by atoms with E-state index in [2.05, 4.69) is 56.0 Å². The number of ketones is 2.